The minimum absolute atomic E-state index is 0.351. The van der Waals surface area contributed by atoms with E-state index < -0.39 is 10.0 Å². The maximum atomic E-state index is 12.8. The summed E-state index contributed by atoms with van der Waals surface area (Å²) >= 11 is 7.87. The topological polar surface area (TPSA) is 53.5 Å². The molecule has 2 heterocycles. The van der Waals surface area contributed by atoms with Crippen molar-refractivity contribution in [3.8, 4) is 0 Å². The summed E-state index contributed by atoms with van der Waals surface area (Å²) in [6.07, 6.45) is 0. The van der Waals surface area contributed by atoms with Crippen molar-refractivity contribution in [3.63, 3.8) is 0 Å². The molecule has 0 amide bonds. The monoisotopic (exact) mass is 421 g/mol. The molecular formula is C19H20ClN3O2S2. The number of hydrogen-bond acceptors (Lipinski definition) is 5. The Morgan fingerprint density at radius 2 is 1.67 bits per heavy atom. The van der Waals surface area contributed by atoms with Crippen molar-refractivity contribution in [2.45, 2.75) is 18.7 Å². The van der Waals surface area contributed by atoms with Gasteiger partial charge in [0, 0.05) is 26.2 Å². The Labute approximate surface area is 168 Å². The summed E-state index contributed by atoms with van der Waals surface area (Å²) in [7, 11) is -3.45. The second kappa shape index (κ2) is 7.05. The highest BCUT2D eigenvalue weighted by molar-refractivity contribution is 7.89. The van der Waals surface area contributed by atoms with Crippen LogP contribution in [0.2, 0.25) is 5.02 Å². The normalized spacial score (nSPS) is 16.2. The molecule has 1 aliphatic rings. The van der Waals surface area contributed by atoms with Gasteiger partial charge in [-0.1, -0.05) is 46.7 Å². The third-order valence-corrected chi connectivity index (χ3v) is 8.34. The van der Waals surface area contributed by atoms with Crippen molar-refractivity contribution < 1.29 is 8.42 Å². The average Bonchev–Trinajstić information content (AvgIpc) is 3.12. The first-order valence-corrected chi connectivity index (χ1v) is 11.4. The van der Waals surface area contributed by atoms with Gasteiger partial charge < -0.3 is 4.90 Å². The molecule has 0 radical (unpaired) electrons. The number of fused-ring (bicyclic) bond motifs is 1. The van der Waals surface area contributed by atoms with Crippen molar-refractivity contribution >= 4 is 48.3 Å². The number of halogens is 1. The smallest absolute Gasteiger partial charge is 0.243 e. The number of sulfonamides is 1. The molecule has 0 bridgehead atoms. The van der Waals surface area contributed by atoms with Gasteiger partial charge in [0.2, 0.25) is 10.0 Å². The largest absolute Gasteiger partial charge is 0.345 e. The molecule has 2 aromatic carbocycles. The average molecular weight is 422 g/mol. The summed E-state index contributed by atoms with van der Waals surface area (Å²) in [5.41, 5.74) is 3.07. The van der Waals surface area contributed by atoms with Crippen LogP contribution < -0.4 is 4.90 Å². The zero-order chi connectivity index (χ0) is 19.2. The highest BCUT2D eigenvalue weighted by Gasteiger charge is 2.29. The minimum atomic E-state index is -3.45. The molecule has 1 fully saturated rings. The Morgan fingerprint density at radius 3 is 2.30 bits per heavy atom. The van der Waals surface area contributed by atoms with E-state index in [1.807, 2.05) is 38.1 Å². The first-order valence-electron chi connectivity index (χ1n) is 8.74. The maximum absolute atomic E-state index is 12.8. The minimum Gasteiger partial charge on any atom is -0.345 e. The van der Waals surface area contributed by atoms with Crippen LogP contribution in [0.15, 0.2) is 41.3 Å². The lowest BCUT2D eigenvalue weighted by atomic mass is 10.2. The predicted octanol–water partition coefficient (Wildman–Crippen LogP) is 4.08. The van der Waals surface area contributed by atoms with Gasteiger partial charge in [0.1, 0.15) is 0 Å². The molecule has 0 atom stereocenters. The van der Waals surface area contributed by atoms with Gasteiger partial charge in [0.15, 0.2) is 5.13 Å². The van der Waals surface area contributed by atoms with Gasteiger partial charge in [0.25, 0.3) is 0 Å². The molecule has 0 N–H and O–H groups in total. The molecule has 0 spiro atoms. The zero-order valence-corrected chi connectivity index (χ0v) is 17.5. The maximum Gasteiger partial charge on any atom is 0.243 e. The van der Waals surface area contributed by atoms with Crippen molar-refractivity contribution in [1.29, 1.82) is 0 Å². The highest BCUT2D eigenvalue weighted by Crippen LogP contribution is 2.36. The molecule has 27 heavy (non-hydrogen) atoms. The molecule has 142 valence electrons. The van der Waals surface area contributed by atoms with Crippen LogP contribution in [-0.4, -0.2) is 43.9 Å². The van der Waals surface area contributed by atoms with E-state index in [9.17, 15) is 8.42 Å². The third-order valence-electron chi connectivity index (χ3n) is 4.85. The Hall–Kier alpha value is -1.67. The number of rotatable bonds is 3. The van der Waals surface area contributed by atoms with Crippen LogP contribution in [0.25, 0.3) is 10.2 Å². The summed E-state index contributed by atoms with van der Waals surface area (Å²) in [5, 5.41) is 1.61. The molecule has 3 aromatic rings. The summed E-state index contributed by atoms with van der Waals surface area (Å²) in [4.78, 5) is 7.24. The molecule has 4 rings (SSSR count). The second-order valence-electron chi connectivity index (χ2n) is 6.74. The summed E-state index contributed by atoms with van der Waals surface area (Å²) in [6, 6.07) is 10.9. The molecule has 8 heteroatoms. The van der Waals surface area contributed by atoms with Gasteiger partial charge in [0.05, 0.1) is 20.1 Å². The summed E-state index contributed by atoms with van der Waals surface area (Å²) < 4.78 is 28.2. The van der Waals surface area contributed by atoms with Crippen molar-refractivity contribution in [3.05, 3.63) is 52.5 Å². The number of aryl methyl sites for hydroxylation is 2. The highest BCUT2D eigenvalue weighted by atomic mass is 35.5. The van der Waals surface area contributed by atoms with E-state index in [4.69, 9.17) is 16.6 Å². The fourth-order valence-electron chi connectivity index (χ4n) is 3.21. The van der Waals surface area contributed by atoms with Crippen molar-refractivity contribution in [1.82, 2.24) is 9.29 Å². The van der Waals surface area contributed by atoms with Crippen LogP contribution >= 0.6 is 22.9 Å². The van der Waals surface area contributed by atoms with Crippen LogP contribution in [0.3, 0.4) is 0 Å². The number of nitrogens with zero attached hydrogens (tertiary/aromatic N) is 3. The van der Waals surface area contributed by atoms with E-state index in [1.165, 1.54) is 0 Å². The molecule has 0 unspecified atom stereocenters. The molecule has 0 aliphatic carbocycles. The van der Waals surface area contributed by atoms with Crippen LogP contribution in [0.1, 0.15) is 11.1 Å². The second-order valence-corrected chi connectivity index (χ2v) is 10.1. The van der Waals surface area contributed by atoms with Gasteiger partial charge in [-0.25, -0.2) is 13.4 Å². The van der Waals surface area contributed by atoms with Gasteiger partial charge in [-0.3, -0.25) is 0 Å². The van der Waals surface area contributed by atoms with E-state index in [0.29, 0.717) is 36.1 Å². The number of thiazole rings is 1. The van der Waals surface area contributed by atoms with Gasteiger partial charge in [-0.2, -0.15) is 4.31 Å². The summed E-state index contributed by atoms with van der Waals surface area (Å²) in [6.45, 7) is 6.08. The van der Waals surface area contributed by atoms with Gasteiger partial charge in [-0.05, 0) is 37.6 Å². The van der Waals surface area contributed by atoms with Crippen LogP contribution in [0.4, 0.5) is 5.13 Å². The molecule has 0 saturated carbocycles. The number of anilines is 1. The quantitative estimate of drug-likeness (QED) is 0.639. The van der Waals surface area contributed by atoms with E-state index in [1.54, 1.807) is 27.8 Å². The van der Waals surface area contributed by atoms with Crippen molar-refractivity contribution in [2.75, 3.05) is 31.1 Å². The Balaban J connectivity index is 1.53. The van der Waals surface area contributed by atoms with E-state index >= 15 is 0 Å². The molecule has 5 nitrogen and oxygen atoms in total. The van der Waals surface area contributed by atoms with Crippen LogP contribution in [-0.2, 0) is 10.0 Å². The lowest BCUT2D eigenvalue weighted by Gasteiger charge is -2.33. The van der Waals surface area contributed by atoms with E-state index in [2.05, 4.69) is 4.90 Å². The number of benzene rings is 2. The predicted molar refractivity (Wildman–Crippen MR) is 112 cm³/mol. The first kappa shape index (κ1) is 18.7. The molecule has 1 aliphatic heterocycles. The standard InChI is InChI=1S/C19H20ClN3O2S2/c1-13-3-6-15(7-4-13)27(24,25)23-11-9-22(10-12-23)19-21-17-14(2)5-8-16(20)18(17)26-19/h3-8H,9-12H2,1-2H3. The SMILES string of the molecule is Cc1ccc(S(=O)(=O)N2CCN(c3nc4c(C)ccc(Cl)c4s3)CC2)cc1. The van der Waals surface area contributed by atoms with E-state index in [-0.39, 0.29) is 0 Å². The van der Waals surface area contributed by atoms with Crippen LogP contribution in [0.5, 0.6) is 0 Å². The number of piperazine rings is 1. The Bertz CT molecular complexity index is 1050. The van der Waals surface area contributed by atoms with Crippen molar-refractivity contribution in [2.24, 2.45) is 0 Å². The Kier molecular flexibility index (Phi) is 4.88. The molecular weight excluding hydrogens is 402 g/mol. The lowest BCUT2D eigenvalue weighted by Crippen LogP contribution is -2.48. The number of hydrogen-bond donors (Lipinski definition) is 0. The molecule has 1 saturated heterocycles. The fraction of sp³-hybridized carbons (Fsp3) is 0.316. The van der Waals surface area contributed by atoms with Crippen LogP contribution in [0, 0.1) is 13.8 Å². The van der Waals surface area contributed by atoms with Gasteiger partial charge >= 0.3 is 0 Å². The van der Waals surface area contributed by atoms with Gasteiger partial charge in [-0.15, -0.1) is 0 Å². The zero-order valence-electron chi connectivity index (χ0n) is 15.1. The molecule has 1 aromatic heterocycles. The first-order chi connectivity index (χ1) is 12.9. The third kappa shape index (κ3) is 3.45. The summed E-state index contributed by atoms with van der Waals surface area (Å²) in [5.74, 6) is 0. The lowest BCUT2D eigenvalue weighted by molar-refractivity contribution is 0.385. The number of aromatic nitrogens is 1. The Morgan fingerprint density at radius 1 is 1.00 bits per heavy atom. The van der Waals surface area contributed by atoms with E-state index in [0.717, 1.165) is 26.5 Å². The fourth-order valence-corrected chi connectivity index (χ4v) is 6.00.